The van der Waals surface area contributed by atoms with Crippen molar-refractivity contribution in [3.8, 4) is 0 Å². The van der Waals surface area contributed by atoms with Crippen LogP contribution in [0.3, 0.4) is 0 Å². The normalized spacial score (nSPS) is 12.0. The van der Waals surface area contributed by atoms with Gasteiger partial charge in [-0.1, -0.05) is 12.1 Å². The number of aliphatic hydroxyl groups excluding tert-OH is 1. The van der Waals surface area contributed by atoms with Crippen LogP contribution in [0.15, 0.2) is 29.2 Å². The lowest BCUT2D eigenvalue weighted by molar-refractivity contribution is 0.127. The average molecular weight is 229 g/mol. The van der Waals surface area contributed by atoms with E-state index in [-0.39, 0.29) is 6.73 Å². The molecule has 15 heavy (non-hydrogen) atoms. The highest BCUT2D eigenvalue weighted by Gasteiger charge is 2.06. The highest BCUT2D eigenvalue weighted by molar-refractivity contribution is 7.90. The number of nitrogens with zero attached hydrogens (tertiary/aromatic N) is 1. The Bertz CT molecular complexity index is 411. The Morgan fingerprint density at radius 2 is 1.80 bits per heavy atom. The van der Waals surface area contributed by atoms with Crippen LogP contribution < -0.4 is 0 Å². The van der Waals surface area contributed by atoms with Crippen LogP contribution in [-0.4, -0.2) is 38.5 Å². The van der Waals surface area contributed by atoms with Gasteiger partial charge < -0.3 is 5.11 Å². The van der Waals surface area contributed by atoms with Gasteiger partial charge in [0, 0.05) is 12.8 Å². The molecule has 0 saturated carbocycles. The van der Waals surface area contributed by atoms with Crippen LogP contribution in [0.2, 0.25) is 0 Å². The molecule has 0 saturated heterocycles. The highest BCUT2D eigenvalue weighted by atomic mass is 32.2. The first kappa shape index (κ1) is 12.2. The van der Waals surface area contributed by atoms with Crippen LogP contribution >= 0.6 is 0 Å². The largest absolute Gasteiger partial charge is 0.381 e. The molecule has 0 aliphatic rings. The minimum Gasteiger partial charge on any atom is -0.381 e. The maximum Gasteiger partial charge on any atom is 0.175 e. The van der Waals surface area contributed by atoms with Crippen molar-refractivity contribution in [2.45, 2.75) is 11.4 Å². The van der Waals surface area contributed by atoms with Crippen molar-refractivity contribution in [2.24, 2.45) is 0 Å². The average Bonchev–Trinajstić information content (AvgIpc) is 2.17. The Balaban J connectivity index is 2.82. The fourth-order valence-corrected chi connectivity index (χ4v) is 1.83. The van der Waals surface area contributed by atoms with E-state index < -0.39 is 9.84 Å². The van der Waals surface area contributed by atoms with E-state index in [0.29, 0.717) is 11.4 Å². The van der Waals surface area contributed by atoms with Crippen molar-refractivity contribution in [1.29, 1.82) is 0 Å². The van der Waals surface area contributed by atoms with Crippen LogP contribution in [0.25, 0.3) is 0 Å². The minimum atomic E-state index is -3.12. The smallest absolute Gasteiger partial charge is 0.175 e. The molecule has 0 amide bonds. The zero-order chi connectivity index (χ0) is 11.5. The third-order valence-electron chi connectivity index (χ3n) is 2.05. The van der Waals surface area contributed by atoms with Crippen LogP contribution in [0.5, 0.6) is 0 Å². The van der Waals surface area contributed by atoms with Gasteiger partial charge in [0.1, 0.15) is 0 Å². The molecule has 0 aliphatic carbocycles. The zero-order valence-corrected chi connectivity index (χ0v) is 9.66. The molecule has 0 atom stereocenters. The fraction of sp³-hybridized carbons (Fsp3) is 0.400. The van der Waals surface area contributed by atoms with Crippen LogP contribution in [0.4, 0.5) is 0 Å². The van der Waals surface area contributed by atoms with E-state index in [4.69, 9.17) is 5.11 Å². The van der Waals surface area contributed by atoms with E-state index in [2.05, 4.69) is 0 Å². The van der Waals surface area contributed by atoms with Gasteiger partial charge in [-0.15, -0.1) is 0 Å². The van der Waals surface area contributed by atoms with Crippen molar-refractivity contribution in [2.75, 3.05) is 20.0 Å². The predicted octanol–water partition coefficient (Wildman–Crippen LogP) is 0.472. The molecule has 1 rings (SSSR count). The molecule has 0 unspecified atom stereocenters. The van der Waals surface area contributed by atoms with Crippen molar-refractivity contribution < 1.29 is 13.5 Å². The SMILES string of the molecule is CN(CO)Cc1ccc(S(C)(=O)=O)cc1. The quantitative estimate of drug-likeness (QED) is 0.763. The van der Waals surface area contributed by atoms with Gasteiger partial charge in [-0.2, -0.15) is 0 Å². The first-order valence-electron chi connectivity index (χ1n) is 4.52. The monoisotopic (exact) mass is 229 g/mol. The van der Waals surface area contributed by atoms with Gasteiger partial charge in [0.05, 0.1) is 11.6 Å². The van der Waals surface area contributed by atoms with E-state index in [0.717, 1.165) is 5.56 Å². The number of hydrogen-bond donors (Lipinski definition) is 1. The van der Waals surface area contributed by atoms with Crippen LogP contribution in [-0.2, 0) is 16.4 Å². The standard InChI is InChI=1S/C10H15NO3S/c1-11(8-12)7-9-3-5-10(6-4-9)15(2,13)14/h3-6,12H,7-8H2,1-2H3. The summed E-state index contributed by atoms with van der Waals surface area (Å²) in [6.45, 7) is 0.578. The molecule has 0 heterocycles. The van der Waals surface area contributed by atoms with Crippen LogP contribution in [0.1, 0.15) is 5.56 Å². The molecule has 0 aliphatic heterocycles. The Hall–Kier alpha value is -0.910. The van der Waals surface area contributed by atoms with E-state index in [1.165, 1.54) is 6.26 Å². The molecule has 0 radical (unpaired) electrons. The fourth-order valence-electron chi connectivity index (χ4n) is 1.20. The van der Waals surface area contributed by atoms with Crippen molar-refractivity contribution in [1.82, 2.24) is 4.90 Å². The Labute approximate surface area is 90.1 Å². The third-order valence-corrected chi connectivity index (χ3v) is 3.17. The maximum absolute atomic E-state index is 11.2. The summed E-state index contributed by atoms with van der Waals surface area (Å²) in [5.41, 5.74) is 0.971. The second-order valence-corrected chi connectivity index (χ2v) is 5.59. The first-order valence-corrected chi connectivity index (χ1v) is 6.41. The molecular formula is C10H15NO3S. The van der Waals surface area contributed by atoms with Gasteiger partial charge in [-0.05, 0) is 24.7 Å². The zero-order valence-electron chi connectivity index (χ0n) is 8.84. The van der Waals surface area contributed by atoms with Crippen LogP contribution in [0, 0.1) is 0 Å². The summed E-state index contributed by atoms with van der Waals surface area (Å²) in [5, 5.41) is 8.81. The van der Waals surface area contributed by atoms with E-state index in [1.807, 2.05) is 0 Å². The van der Waals surface area contributed by atoms with E-state index in [9.17, 15) is 8.42 Å². The van der Waals surface area contributed by atoms with Gasteiger partial charge in [0.15, 0.2) is 9.84 Å². The predicted molar refractivity (Wildman–Crippen MR) is 58.1 cm³/mol. The Kier molecular flexibility index (Phi) is 3.84. The Morgan fingerprint density at radius 3 is 2.20 bits per heavy atom. The van der Waals surface area contributed by atoms with Gasteiger partial charge >= 0.3 is 0 Å². The first-order chi connectivity index (χ1) is 6.93. The summed E-state index contributed by atoms with van der Waals surface area (Å²) in [7, 11) is -1.33. The molecule has 0 spiro atoms. The summed E-state index contributed by atoms with van der Waals surface area (Å²) in [6, 6.07) is 6.66. The summed E-state index contributed by atoms with van der Waals surface area (Å²) in [6.07, 6.45) is 1.18. The summed E-state index contributed by atoms with van der Waals surface area (Å²) >= 11 is 0. The van der Waals surface area contributed by atoms with Gasteiger partial charge in [-0.3, -0.25) is 4.90 Å². The molecule has 84 valence electrons. The minimum absolute atomic E-state index is 0.0200. The van der Waals surface area contributed by atoms with Crippen molar-refractivity contribution in [3.63, 3.8) is 0 Å². The second kappa shape index (κ2) is 4.74. The molecule has 1 aromatic rings. The number of hydrogen-bond acceptors (Lipinski definition) is 4. The number of aliphatic hydroxyl groups is 1. The van der Waals surface area contributed by atoms with Gasteiger partial charge in [0.2, 0.25) is 0 Å². The number of benzene rings is 1. The van der Waals surface area contributed by atoms with Crippen molar-refractivity contribution >= 4 is 9.84 Å². The molecule has 0 fully saturated rings. The molecule has 0 aromatic heterocycles. The molecular weight excluding hydrogens is 214 g/mol. The lowest BCUT2D eigenvalue weighted by atomic mass is 10.2. The number of sulfone groups is 1. The maximum atomic E-state index is 11.2. The molecule has 1 aromatic carbocycles. The Morgan fingerprint density at radius 1 is 1.27 bits per heavy atom. The summed E-state index contributed by atoms with van der Waals surface area (Å²) in [5.74, 6) is 0. The lowest BCUT2D eigenvalue weighted by Gasteiger charge is -2.12. The molecule has 4 nitrogen and oxygen atoms in total. The van der Waals surface area contributed by atoms with E-state index in [1.54, 1.807) is 36.2 Å². The second-order valence-electron chi connectivity index (χ2n) is 3.57. The molecule has 0 bridgehead atoms. The van der Waals surface area contributed by atoms with Crippen molar-refractivity contribution in [3.05, 3.63) is 29.8 Å². The lowest BCUT2D eigenvalue weighted by Crippen LogP contribution is -2.18. The van der Waals surface area contributed by atoms with E-state index >= 15 is 0 Å². The summed E-state index contributed by atoms with van der Waals surface area (Å²) in [4.78, 5) is 2.04. The molecule has 5 heteroatoms. The summed E-state index contributed by atoms with van der Waals surface area (Å²) < 4.78 is 22.3. The third kappa shape index (κ3) is 3.62. The molecule has 1 N–H and O–H groups in total. The van der Waals surface area contributed by atoms with Gasteiger partial charge in [-0.25, -0.2) is 8.42 Å². The highest BCUT2D eigenvalue weighted by Crippen LogP contribution is 2.11. The van der Waals surface area contributed by atoms with Gasteiger partial charge in [0.25, 0.3) is 0 Å². The topological polar surface area (TPSA) is 57.6 Å². The number of rotatable bonds is 4.